The molecule has 1 aromatic heterocycles. The Morgan fingerprint density at radius 3 is 2.72 bits per heavy atom. The molecular weight excluding hydrogens is 226 g/mol. The van der Waals surface area contributed by atoms with Crippen LogP contribution in [0, 0.1) is 11.8 Å². The van der Waals surface area contributed by atoms with Gasteiger partial charge in [-0.3, -0.25) is 0 Å². The number of rotatable bonds is 3. The second kappa shape index (κ2) is 4.34. The molecule has 3 rings (SSSR count). The van der Waals surface area contributed by atoms with Crippen molar-refractivity contribution in [3.8, 4) is 0 Å². The van der Waals surface area contributed by atoms with Gasteiger partial charge >= 0.3 is 0 Å². The molecule has 2 aliphatic carbocycles. The Kier molecular flexibility index (Phi) is 2.93. The van der Waals surface area contributed by atoms with Crippen molar-refractivity contribution >= 4 is 0 Å². The maximum absolute atomic E-state index is 6.67. The van der Waals surface area contributed by atoms with Crippen LogP contribution in [0.1, 0.15) is 70.0 Å². The van der Waals surface area contributed by atoms with Crippen LogP contribution < -0.4 is 5.73 Å². The van der Waals surface area contributed by atoms with Gasteiger partial charge < -0.3 is 10.3 Å². The molecule has 2 aliphatic rings. The normalized spacial score (nSPS) is 33.0. The maximum atomic E-state index is 6.67. The van der Waals surface area contributed by atoms with E-state index in [1.165, 1.54) is 32.1 Å². The molecular formula is C14H23N3O. The van der Waals surface area contributed by atoms with Gasteiger partial charge in [-0.05, 0) is 37.5 Å². The van der Waals surface area contributed by atoms with Crippen LogP contribution in [0.25, 0.3) is 0 Å². The summed E-state index contributed by atoms with van der Waals surface area (Å²) in [6.07, 6.45) is 6.99. The Labute approximate surface area is 108 Å². The molecule has 1 aromatic rings. The average molecular weight is 249 g/mol. The van der Waals surface area contributed by atoms with Crippen LogP contribution in [-0.2, 0) is 5.54 Å². The SMILES string of the molecule is CC(C)C1CCCCC1(N)c1noc(C2CC2)n1. The first-order valence-corrected chi connectivity index (χ1v) is 7.24. The van der Waals surface area contributed by atoms with E-state index in [0.29, 0.717) is 17.8 Å². The minimum Gasteiger partial charge on any atom is -0.339 e. The highest BCUT2D eigenvalue weighted by molar-refractivity contribution is 5.12. The minimum absolute atomic E-state index is 0.372. The third-order valence-electron chi connectivity index (χ3n) is 4.61. The third kappa shape index (κ3) is 1.96. The molecule has 2 saturated carbocycles. The number of hydrogen-bond acceptors (Lipinski definition) is 4. The monoisotopic (exact) mass is 249 g/mol. The zero-order valence-electron chi connectivity index (χ0n) is 11.4. The first-order valence-electron chi connectivity index (χ1n) is 7.24. The van der Waals surface area contributed by atoms with Crippen LogP contribution >= 0.6 is 0 Å². The van der Waals surface area contributed by atoms with Crippen molar-refractivity contribution in [1.29, 1.82) is 0 Å². The lowest BCUT2D eigenvalue weighted by Crippen LogP contribution is -2.49. The van der Waals surface area contributed by atoms with Gasteiger partial charge in [-0.15, -0.1) is 0 Å². The molecule has 0 spiro atoms. The fourth-order valence-corrected chi connectivity index (χ4v) is 3.35. The fourth-order valence-electron chi connectivity index (χ4n) is 3.35. The maximum Gasteiger partial charge on any atom is 0.229 e. The second-order valence-corrected chi connectivity index (χ2v) is 6.37. The summed E-state index contributed by atoms with van der Waals surface area (Å²) in [6, 6.07) is 0. The van der Waals surface area contributed by atoms with Crippen molar-refractivity contribution in [2.24, 2.45) is 17.6 Å². The minimum atomic E-state index is -0.372. The Morgan fingerprint density at radius 1 is 1.28 bits per heavy atom. The first-order chi connectivity index (χ1) is 8.61. The lowest BCUT2D eigenvalue weighted by atomic mass is 9.68. The smallest absolute Gasteiger partial charge is 0.229 e. The molecule has 2 fully saturated rings. The van der Waals surface area contributed by atoms with Gasteiger partial charge in [-0.25, -0.2) is 0 Å². The van der Waals surface area contributed by atoms with E-state index in [4.69, 9.17) is 10.3 Å². The predicted octanol–water partition coefficient (Wildman–Crippen LogP) is 2.95. The average Bonchev–Trinajstić information content (AvgIpc) is 3.06. The summed E-state index contributed by atoms with van der Waals surface area (Å²) < 4.78 is 5.39. The third-order valence-corrected chi connectivity index (χ3v) is 4.61. The molecule has 100 valence electrons. The summed E-state index contributed by atoms with van der Waals surface area (Å²) in [5.41, 5.74) is 6.30. The quantitative estimate of drug-likeness (QED) is 0.894. The van der Waals surface area contributed by atoms with E-state index in [1.54, 1.807) is 0 Å². The summed E-state index contributed by atoms with van der Waals surface area (Å²) >= 11 is 0. The standard InChI is InChI=1S/C14H23N3O/c1-9(2)11-5-3-4-8-14(11,15)13-16-12(18-17-13)10-6-7-10/h9-11H,3-8,15H2,1-2H3. The van der Waals surface area contributed by atoms with E-state index in [2.05, 4.69) is 24.0 Å². The van der Waals surface area contributed by atoms with Crippen LogP contribution in [0.5, 0.6) is 0 Å². The number of hydrogen-bond donors (Lipinski definition) is 1. The zero-order valence-corrected chi connectivity index (χ0v) is 11.4. The largest absolute Gasteiger partial charge is 0.339 e. The van der Waals surface area contributed by atoms with Gasteiger partial charge in [0.05, 0.1) is 5.54 Å². The van der Waals surface area contributed by atoms with Gasteiger partial charge in [0.1, 0.15) is 0 Å². The highest BCUT2D eigenvalue weighted by Gasteiger charge is 2.44. The molecule has 4 nitrogen and oxygen atoms in total. The van der Waals surface area contributed by atoms with Crippen LogP contribution in [-0.4, -0.2) is 10.1 Å². The summed E-state index contributed by atoms with van der Waals surface area (Å²) in [7, 11) is 0. The highest BCUT2D eigenvalue weighted by atomic mass is 16.5. The molecule has 0 aliphatic heterocycles. The molecule has 0 amide bonds. The molecule has 0 radical (unpaired) electrons. The lowest BCUT2D eigenvalue weighted by molar-refractivity contribution is 0.129. The Hall–Kier alpha value is -0.900. The molecule has 2 N–H and O–H groups in total. The molecule has 2 atom stereocenters. The topological polar surface area (TPSA) is 64.9 Å². The van der Waals surface area contributed by atoms with Crippen LogP contribution in [0.3, 0.4) is 0 Å². The molecule has 1 heterocycles. The van der Waals surface area contributed by atoms with Crippen molar-refractivity contribution in [2.75, 3.05) is 0 Å². The second-order valence-electron chi connectivity index (χ2n) is 6.37. The van der Waals surface area contributed by atoms with Gasteiger partial charge in [0.2, 0.25) is 5.89 Å². The van der Waals surface area contributed by atoms with Crippen molar-refractivity contribution in [3.63, 3.8) is 0 Å². The summed E-state index contributed by atoms with van der Waals surface area (Å²) in [6.45, 7) is 4.50. The number of nitrogens with two attached hydrogens (primary N) is 1. The van der Waals surface area contributed by atoms with Gasteiger partial charge in [-0.1, -0.05) is 31.8 Å². The lowest BCUT2D eigenvalue weighted by Gasteiger charge is -2.41. The molecule has 2 unspecified atom stereocenters. The zero-order chi connectivity index (χ0) is 12.8. The van der Waals surface area contributed by atoms with Crippen molar-refractivity contribution in [2.45, 2.75) is 63.8 Å². The van der Waals surface area contributed by atoms with E-state index in [0.717, 1.165) is 18.1 Å². The van der Waals surface area contributed by atoms with E-state index in [1.807, 2.05) is 0 Å². The number of nitrogens with zero attached hydrogens (tertiary/aromatic N) is 2. The molecule has 0 saturated heterocycles. The summed E-state index contributed by atoms with van der Waals surface area (Å²) in [5, 5.41) is 4.19. The Bertz CT molecular complexity index is 424. The van der Waals surface area contributed by atoms with Crippen molar-refractivity contribution in [1.82, 2.24) is 10.1 Å². The molecule has 0 aromatic carbocycles. The molecule has 4 heteroatoms. The van der Waals surface area contributed by atoms with Crippen LogP contribution in [0.15, 0.2) is 4.52 Å². The van der Waals surface area contributed by atoms with E-state index < -0.39 is 0 Å². The van der Waals surface area contributed by atoms with Gasteiger partial charge in [0, 0.05) is 5.92 Å². The van der Waals surface area contributed by atoms with Gasteiger partial charge in [0.25, 0.3) is 0 Å². The van der Waals surface area contributed by atoms with Crippen molar-refractivity contribution < 1.29 is 4.52 Å². The van der Waals surface area contributed by atoms with E-state index in [9.17, 15) is 0 Å². The van der Waals surface area contributed by atoms with Crippen LogP contribution in [0.4, 0.5) is 0 Å². The predicted molar refractivity (Wildman–Crippen MR) is 68.9 cm³/mol. The van der Waals surface area contributed by atoms with Gasteiger partial charge in [-0.2, -0.15) is 4.98 Å². The number of aromatic nitrogens is 2. The highest BCUT2D eigenvalue weighted by Crippen LogP contribution is 2.44. The fraction of sp³-hybridized carbons (Fsp3) is 0.857. The van der Waals surface area contributed by atoms with Gasteiger partial charge in [0.15, 0.2) is 5.82 Å². The molecule has 18 heavy (non-hydrogen) atoms. The Balaban J connectivity index is 1.89. The van der Waals surface area contributed by atoms with E-state index in [-0.39, 0.29) is 5.54 Å². The van der Waals surface area contributed by atoms with Crippen molar-refractivity contribution in [3.05, 3.63) is 11.7 Å². The summed E-state index contributed by atoms with van der Waals surface area (Å²) in [5.74, 6) is 3.11. The Morgan fingerprint density at radius 2 is 2.06 bits per heavy atom. The summed E-state index contributed by atoms with van der Waals surface area (Å²) in [4.78, 5) is 4.60. The molecule has 0 bridgehead atoms. The van der Waals surface area contributed by atoms with E-state index >= 15 is 0 Å². The first kappa shape index (κ1) is 12.2. The van der Waals surface area contributed by atoms with Crippen LogP contribution in [0.2, 0.25) is 0 Å².